The van der Waals surface area contributed by atoms with E-state index in [1.54, 1.807) is 26.0 Å². The lowest BCUT2D eigenvalue weighted by Crippen LogP contribution is -2.24. The van der Waals surface area contributed by atoms with Gasteiger partial charge in [-0.1, -0.05) is 24.3 Å². The number of hydrogen-bond acceptors (Lipinski definition) is 6. The fourth-order valence-corrected chi connectivity index (χ4v) is 2.99. The van der Waals surface area contributed by atoms with Crippen LogP contribution in [0.4, 0.5) is 5.95 Å². The van der Waals surface area contributed by atoms with Gasteiger partial charge in [-0.2, -0.15) is 0 Å². The first-order valence-corrected chi connectivity index (χ1v) is 9.81. The molecule has 0 amide bonds. The third-order valence-corrected chi connectivity index (χ3v) is 4.88. The maximum absolute atomic E-state index is 5.25. The van der Waals surface area contributed by atoms with Crippen molar-refractivity contribution < 1.29 is 9.47 Å². The molecule has 6 heteroatoms. The topological polar surface area (TPSA) is 47.5 Å². The van der Waals surface area contributed by atoms with Crippen molar-refractivity contribution in [2.45, 2.75) is 18.0 Å². The zero-order valence-electron chi connectivity index (χ0n) is 15.8. The standard InChI is InChI=1S/C21H23N3O2S/c1-25-18-8-4-16(5-9-18)14-24(21-22-12-20(27-3)13-23-21)15-17-6-10-19(26-2)11-7-17/h4-13H,14-15H2,1-3H3. The maximum Gasteiger partial charge on any atom is 0.225 e. The number of benzene rings is 2. The lowest BCUT2D eigenvalue weighted by molar-refractivity contribution is 0.414. The molecule has 0 aliphatic heterocycles. The van der Waals surface area contributed by atoms with Gasteiger partial charge in [-0.15, -0.1) is 11.8 Å². The average Bonchev–Trinajstić information content (AvgIpc) is 2.74. The van der Waals surface area contributed by atoms with Gasteiger partial charge in [-0.3, -0.25) is 0 Å². The van der Waals surface area contributed by atoms with Crippen molar-refractivity contribution in [2.24, 2.45) is 0 Å². The minimum absolute atomic E-state index is 0.703. The van der Waals surface area contributed by atoms with Gasteiger partial charge in [0.25, 0.3) is 0 Å². The molecule has 0 fully saturated rings. The lowest BCUT2D eigenvalue weighted by atomic mass is 10.1. The molecule has 3 rings (SSSR count). The van der Waals surface area contributed by atoms with Crippen LogP contribution in [0, 0.1) is 0 Å². The maximum atomic E-state index is 5.25. The van der Waals surface area contributed by atoms with E-state index in [4.69, 9.17) is 9.47 Å². The van der Waals surface area contributed by atoms with E-state index in [0.717, 1.165) is 16.4 Å². The first-order chi connectivity index (χ1) is 13.2. The first-order valence-electron chi connectivity index (χ1n) is 8.58. The molecular weight excluding hydrogens is 358 g/mol. The monoisotopic (exact) mass is 381 g/mol. The first kappa shape index (κ1) is 19.0. The number of methoxy groups -OCH3 is 2. The van der Waals surface area contributed by atoms with Crippen LogP contribution >= 0.6 is 11.8 Å². The summed E-state index contributed by atoms with van der Waals surface area (Å²) >= 11 is 1.63. The zero-order valence-corrected chi connectivity index (χ0v) is 16.6. The molecule has 2 aromatic carbocycles. The van der Waals surface area contributed by atoms with Crippen molar-refractivity contribution in [2.75, 3.05) is 25.4 Å². The highest BCUT2D eigenvalue weighted by Crippen LogP contribution is 2.21. The lowest BCUT2D eigenvalue weighted by Gasteiger charge is -2.23. The van der Waals surface area contributed by atoms with Gasteiger partial charge in [-0.05, 0) is 41.6 Å². The van der Waals surface area contributed by atoms with Gasteiger partial charge in [0, 0.05) is 30.4 Å². The van der Waals surface area contributed by atoms with Crippen LogP contribution in [-0.2, 0) is 13.1 Å². The van der Waals surface area contributed by atoms with E-state index >= 15 is 0 Å². The summed E-state index contributed by atoms with van der Waals surface area (Å²) in [7, 11) is 3.35. The number of aromatic nitrogens is 2. The van der Waals surface area contributed by atoms with Crippen molar-refractivity contribution in [3.8, 4) is 11.5 Å². The van der Waals surface area contributed by atoms with Crippen LogP contribution < -0.4 is 14.4 Å². The van der Waals surface area contributed by atoms with Crippen LogP contribution in [0.1, 0.15) is 11.1 Å². The van der Waals surface area contributed by atoms with E-state index < -0.39 is 0 Å². The summed E-state index contributed by atoms with van der Waals surface area (Å²) in [6, 6.07) is 16.1. The van der Waals surface area contributed by atoms with Crippen LogP contribution in [0.2, 0.25) is 0 Å². The summed E-state index contributed by atoms with van der Waals surface area (Å²) in [5.41, 5.74) is 2.34. The van der Waals surface area contributed by atoms with Gasteiger partial charge in [0.15, 0.2) is 0 Å². The molecule has 0 saturated heterocycles. The smallest absolute Gasteiger partial charge is 0.225 e. The quantitative estimate of drug-likeness (QED) is 0.538. The third-order valence-electron chi connectivity index (χ3n) is 4.20. The molecule has 27 heavy (non-hydrogen) atoms. The predicted octanol–water partition coefficient (Wildman–Crippen LogP) is 4.42. The Morgan fingerprint density at radius 1 is 0.778 bits per heavy atom. The van der Waals surface area contributed by atoms with Crippen LogP contribution in [0.25, 0.3) is 0 Å². The Kier molecular flexibility index (Phi) is 6.54. The van der Waals surface area contributed by atoms with Gasteiger partial charge in [-0.25, -0.2) is 9.97 Å². The van der Waals surface area contributed by atoms with E-state index in [0.29, 0.717) is 19.0 Å². The molecular formula is C21H23N3O2S. The molecule has 1 aromatic heterocycles. The minimum atomic E-state index is 0.703. The number of ether oxygens (including phenoxy) is 2. The van der Waals surface area contributed by atoms with Gasteiger partial charge in [0.2, 0.25) is 5.95 Å². The summed E-state index contributed by atoms with van der Waals surface area (Å²) in [5, 5.41) is 0. The summed E-state index contributed by atoms with van der Waals surface area (Å²) in [6.45, 7) is 1.41. The van der Waals surface area contributed by atoms with E-state index in [-0.39, 0.29) is 0 Å². The second-order valence-corrected chi connectivity index (χ2v) is 6.85. The molecule has 0 N–H and O–H groups in total. The fourth-order valence-electron chi connectivity index (χ4n) is 2.68. The molecule has 0 aliphatic carbocycles. The van der Waals surface area contributed by atoms with Crippen molar-refractivity contribution >= 4 is 17.7 Å². The van der Waals surface area contributed by atoms with Crippen LogP contribution in [0.15, 0.2) is 65.8 Å². The molecule has 0 aliphatic rings. The number of thioether (sulfide) groups is 1. The van der Waals surface area contributed by atoms with E-state index in [1.807, 2.05) is 42.9 Å². The third kappa shape index (κ3) is 5.14. The van der Waals surface area contributed by atoms with Crippen LogP contribution in [0.5, 0.6) is 11.5 Å². The molecule has 0 saturated carbocycles. The number of nitrogens with zero attached hydrogens (tertiary/aromatic N) is 3. The fraction of sp³-hybridized carbons (Fsp3) is 0.238. The summed E-state index contributed by atoms with van der Waals surface area (Å²) in [6.07, 6.45) is 5.74. The second-order valence-electron chi connectivity index (χ2n) is 5.98. The summed E-state index contributed by atoms with van der Waals surface area (Å²) in [4.78, 5) is 12.3. The molecule has 0 unspecified atom stereocenters. The van der Waals surface area contributed by atoms with Crippen LogP contribution in [-0.4, -0.2) is 30.4 Å². The highest BCUT2D eigenvalue weighted by atomic mass is 32.2. The normalized spacial score (nSPS) is 10.5. The molecule has 140 valence electrons. The SMILES string of the molecule is COc1ccc(CN(Cc2ccc(OC)cc2)c2ncc(SC)cn2)cc1. The molecule has 5 nitrogen and oxygen atoms in total. The minimum Gasteiger partial charge on any atom is -0.497 e. The molecule has 0 atom stereocenters. The molecule has 0 bridgehead atoms. The molecule has 3 aromatic rings. The zero-order chi connectivity index (χ0) is 19.1. The summed E-state index contributed by atoms with van der Waals surface area (Å²) in [5.74, 6) is 2.40. The largest absolute Gasteiger partial charge is 0.497 e. The second kappa shape index (κ2) is 9.28. The Morgan fingerprint density at radius 3 is 1.59 bits per heavy atom. The van der Waals surface area contributed by atoms with E-state index in [1.165, 1.54) is 11.1 Å². The van der Waals surface area contributed by atoms with Crippen molar-refractivity contribution in [1.82, 2.24) is 9.97 Å². The van der Waals surface area contributed by atoms with Crippen LogP contribution in [0.3, 0.4) is 0 Å². The van der Waals surface area contributed by atoms with Gasteiger partial charge >= 0.3 is 0 Å². The van der Waals surface area contributed by atoms with Crippen molar-refractivity contribution in [3.05, 3.63) is 72.1 Å². The predicted molar refractivity (Wildman–Crippen MR) is 110 cm³/mol. The Balaban J connectivity index is 1.83. The van der Waals surface area contributed by atoms with Gasteiger partial charge < -0.3 is 14.4 Å². The van der Waals surface area contributed by atoms with Gasteiger partial charge in [0.1, 0.15) is 11.5 Å². The highest BCUT2D eigenvalue weighted by molar-refractivity contribution is 7.98. The number of hydrogen-bond donors (Lipinski definition) is 0. The van der Waals surface area contributed by atoms with Crippen molar-refractivity contribution in [1.29, 1.82) is 0 Å². The Labute approximate surface area is 164 Å². The Hall–Kier alpha value is -2.73. The van der Waals surface area contributed by atoms with Crippen molar-refractivity contribution in [3.63, 3.8) is 0 Å². The highest BCUT2D eigenvalue weighted by Gasteiger charge is 2.12. The Bertz CT molecular complexity index is 787. The van der Waals surface area contributed by atoms with Gasteiger partial charge in [0.05, 0.1) is 14.2 Å². The van der Waals surface area contributed by atoms with E-state index in [9.17, 15) is 0 Å². The molecule has 0 spiro atoms. The molecule has 0 radical (unpaired) electrons. The number of anilines is 1. The van der Waals surface area contributed by atoms with E-state index in [2.05, 4.69) is 39.1 Å². The average molecular weight is 382 g/mol. The summed E-state index contributed by atoms with van der Waals surface area (Å²) < 4.78 is 10.5. The number of rotatable bonds is 8. The molecule has 1 heterocycles. The Morgan fingerprint density at radius 2 is 1.22 bits per heavy atom.